The number of para-hydroxylation sites is 1. The second-order valence-corrected chi connectivity index (χ2v) is 6.88. The average Bonchev–Trinajstić information content (AvgIpc) is 2.65. The van der Waals surface area contributed by atoms with E-state index >= 15 is 0 Å². The van der Waals surface area contributed by atoms with Crippen LogP contribution in [0.4, 0.5) is 5.69 Å². The molecule has 0 saturated heterocycles. The first kappa shape index (κ1) is 19.8. The summed E-state index contributed by atoms with van der Waals surface area (Å²) in [5, 5.41) is 2.79. The molecule has 0 aliphatic carbocycles. The van der Waals surface area contributed by atoms with Crippen molar-refractivity contribution in [2.45, 2.75) is 24.7 Å². The van der Waals surface area contributed by atoms with E-state index in [0.29, 0.717) is 0 Å². The Bertz CT molecular complexity index is 782. The maximum absolute atomic E-state index is 12.0. The summed E-state index contributed by atoms with van der Waals surface area (Å²) in [7, 11) is 0. The molecule has 0 aliphatic heterocycles. The van der Waals surface area contributed by atoms with Crippen LogP contribution in [0.25, 0.3) is 6.08 Å². The number of hydrogen-bond donors (Lipinski definition) is 1. The molecular formula is C21H23NO3S. The Morgan fingerprint density at radius 3 is 2.46 bits per heavy atom. The van der Waals surface area contributed by atoms with E-state index in [-0.39, 0.29) is 18.4 Å². The Morgan fingerprint density at radius 1 is 1.12 bits per heavy atom. The molecule has 4 nitrogen and oxygen atoms in total. The van der Waals surface area contributed by atoms with Crippen molar-refractivity contribution in [1.82, 2.24) is 0 Å². The number of benzene rings is 2. The van der Waals surface area contributed by atoms with Crippen LogP contribution in [0.3, 0.4) is 0 Å². The zero-order valence-corrected chi connectivity index (χ0v) is 16.0. The Labute approximate surface area is 158 Å². The summed E-state index contributed by atoms with van der Waals surface area (Å²) >= 11 is 1.66. The van der Waals surface area contributed by atoms with E-state index in [1.54, 1.807) is 17.8 Å². The van der Waals surface area contributed by atoms with Gasteiger partial charge in [0.1, 0.15) is 0 Å². The monoisotopic (exact) mass is 369 g/mol. The summed E-state index contributed by atoms with van der Waals surface area (Å²) in [5.41, 5.74) is 2.68. The van der Waals surface area contributed by atoms with Gasteiger partial charge >= 0.3 is 5.97 Å². The first-order valence-corrected chi connectivity index (χ1v) is 9.59. The Kier molecular flexibility index (Phi) is 7.48. The van der Waals surface area contributed by atoms with Crippen molar-refractivity contribution in [3.8, 4) is 0 Å². The van der Waals surface area contributed by atoms with E-state index in [1.807, 2.05) is 54.8 Å². The predicted octanol–water partition coefficient (Wildman–Crippen LogP) is 4.73. The Balaban J connectivity index is 1.85. The highest BCUT2D eigenvalue weighted by Gasteiger charge is 2.10. The number of carbonyl (C=O) groups excluding carboxylic acids is 2. The Hall–Kier alpha value is -2.53. The first-order chi connectivity index (χ1) is 12.5. The van der Waals surface area contributed by atoms with Crippen molar-refractivity contribution in [2.75, 3.05) is 18.2 Å². The molecule has 1 N–H and O–H groups in total. The van der Waals surface area contributed by atoms with Gasteiger partial charge in [0.05, 0.1) is 0 Å². The third-order valence-electron chi connectivity index (χ3n) is 3.73. The number of ether oxygens (including phenoxy) is 1. The zero-order valence-electron chi connectivity index (χ0n) is 15.2. The molecule has 0 atom stereocenters. The second kappa shape index (κ2) is 9.82. The van der Waals surface area contributed by atoms with E-state index in [0.717, 1.165) is 21.7 Å². The fourth-order valence-electron chi connectivity index (χ4n) is 2.36. The number of amides is 1. The van der Waals surface area contributed by atoms with Gasteiger partial charge in [-0.3, -0.25) is 4.79 Å². The number of anilines is 1. The van der Waals surface area contributed by atoms with Gasteiger partial charge in [0.15, 0.2) is 6.61 Å². The highest BCUT2D eigenvalue weighted by atomic mass is 32.2. The molecule has 0 unspecified atom stereocenters. The minimum Gasteiger partial charge on any atom is -0.452 e. The maximum Gasteiger partial charge on any atom is 0.331 e. The molecule has 5 heteroatoms. The lowest BCUT2D eigenvalue weighted by Gasteiger charge is -2.13. The summed E-state index contributed by atoms with van der Waals surface area (Å²) in [4.78, 5) is 25.0. The third-order valence-corrected chi connectivity index (χ3v) is 4.47. The molecule has 1 amide bonds. The molecule has 0 radical (unpaired) electrons. The number of nitrogens with one attached hydrogen (secondary N) is 1. The molecule has 2 aromatic rings. The lowest BCUT2D eigenvalue weighted by Crippen LogP contribution is -2.21. The van der Waals surface area contributed by atoms with Crippen LogP contribution >= 0.6 is 11.8 Å². The van der Waals surface area contributed by atoms with Gasteiger partial charge in [-0.2, -0.15) is 0 Å². The Morgan fingerprint density at radius 2 is 1.81 bits per heavy atom. The lowest BCUT2D eigenvalue weighted by molar-refractivity contribution is -0.142. The number of carbonyl (C=O) groups is 2. The molecule has 0 saturated carbocycles. The van der Waals surface area contributed by atoms with Crippen LogP contribution < -0.4 is 5.32 Å². The predicted molar refractivity (Wildman–Crippen MR) is 107 cm³/mol. The molecule has 0 heterocycles. The number of esters is 1. The van der Waals surface area contributed by atoms with Crippen molar-refractivity contribution in [3.05, 3.63) is 65.7 Å². The number of thioether (sulfide) groups is 1. The van der Waals surface area contributed by atoms with E-state index in [4.69, 9.17) is 4.74 Å². The maximum atomic E-state index is 12.0. The van der Waals surface area contributed by atoms with Crippen LogP contribution in [0.1, 0.15) is 30.9 Å². The van der Waals surface area contributed by atoms with Crippen molar-refractivity contribution in [2.24, 2.45) is 0 Å². The molecule has 0 bridgehead atoms. The van der Waals surface area contributed by atoms with Crippen molar-refractivity contribution in [1.29, 1.82) is 0 Å². The van der Waals surface area contributed by atoms with Crippen LogP contribution in [0.5, 0.6) is 0 Å². The SMILES string of the molecule is CSc1ccc(/C=C/C(=O)OCC(=O)Nc2ccccc2C(C)C)cc1. The van der Waals surface area contributed by atoms with E-state index in [2.05, 4.69) is 19.2 Å². The number of rotatable bonds is 7. The molecule has 0 spiro atoms. The van der Waals surface area contributed by atoms with Crippen molar-refractivity contribution >= 4 is 35.4 Å². The van der Waals surface area contributed by atoms with E-state index in [9.17, 15) is 9.59 Å². The normalized spacial score (nSPS) is 10.9. The van der Waals surface area contributed by atoms with Crippen LogP contribution in [0, 0.1) is 0 Å². The first-order valence-electron chi connectivity index (χ1n) is 8.37. The highest BCUT2D eigenvalue weighted by Crippen LogP contribution is 2.23. The van der Waals surface area contributed by atoms with Gasteiger partial charge in [0.2, 0.25) is 0 Å². The summed E-state index contributed by atoms with van der Waals surface area (Å²) in [5.74, 6) is -0.620. The largest absolute Gasteiger partial charge is 0.452 e. The van der Waals surface area contributed by atoms with Crippen molar-refractivity contribution in [3.63, 3.8) is 0 Å². The van der Waals surface area contributed by atoms with Gasteiger partial charge in [-0.25, -0.2) is 4.79 Å². The topological polar surface area (TPSA) is 55.4 Å². The second-order valence-electron chi connectivity index (χ2n) is 6.00. The van der Waals surface area contributed by atoms with Gasteiger partial charge in [-0.15, -0.1) is 11.8 Å². The minimum atomic E-state index is -0.550. The van der Waals surface area contributed by atoms with E-state index < -0.39 is 5.97 Å². The summed E-state index contributed by atoms with van der Waals surface area (Å²) in [6.07, 6.45) is 4.99. The minimum absolute atomic E-state index is 0.287. The summed E-state index contributed by atoms with van der Waals surface area (Å²) in [6, 6.07) is 15.4. The van der Waals surface area contributed by atoms with Crippen LogP contribution in [-0.4, -0.2) is 24.7 Å². The fraction of sp³-hybridized carbons (Fsp3) is 0.238. The molecule has 2 aromatic carbocycles. The van der Waals surface area contributed by atoms with Gasteiger partial charge in [-0.1, -0.05) is 44.2 Å². The molecule has 0 aliphatic rings. The lowest BCUT2D eigenvalue weighted by atomic mass is 10.0. The zero-order chi connectivity index (χ0) is 18.9. The van der Waals surface area contributed by atoms with Crippen molar-refractivity contribution < 1.29 is 14.3 Å². The smallest absolute Gasteiger partial charge is 0.331 e. The van der Waals surface area contributed by atoms with Crippen LogP contribution in [-0.2, 0) is 14.3 Å². The van der Waals surface area contributed by atoms with Crippen LogP contribution in [0.15, 0.2) is 59.5 Å². The molecular weight excluding hydrogens is 346 g/mol. The summed E-state index contributed by atoms with van der Waals surface area (Å²) < 4.78 is 5.00. The highest BCUT2D eigenvalue weighted by molar-refractivity contribution is 7.98. The summed E-state index contributed by atoms with van der Waals surface area (Å²) in [6.45, 7) is 3.80. The van der Waals surface area contributed by atoms with Gasteiger partial charge < -0.3 is 10.1 Å². The third kappa shape index (κ3) is 6.08. The molecule has 0 aromatic heterocycles. The van der Waals surface area contributed by atoms with Gasteiger partial charge in [-0.05, 0) is 47.6 Å². The quantitative estimate of drug-likeness (QED) is 0.436. The van der Waals surface area contributed by atoms with E-state index in [1.165, 1.54) is 6.08 Å². The fourth-order valence-corrected chi connectivity index (χ4v) is 2.77. The van der Waals surface area contributed by atoms with Gasteiger partial charge in [0.25, 0.3) is 5.91 Å². The van der Waals surface area contributed by atoms with Gasteiger partial charge in [0, 0.05) is 16.7 Å². The standard InChI is InChI=1S/C21H23NO3S/c1-15(2)18-6-4-5-7-19(18)22-20(23)14-25-21(24)13-10-16-8-11-17(26-3)12-9-16/h4-13,15H,14H2,1-3H3,(H,22,23)/b13-10+. The van der Waals surface area contributed by atoms with Crippen LogP contribution in [0.2, 0.25) is 0 Å². The molecule has 136 valence electrons. The molecule has 0 fully saturated rings. The number of hydrogen-bond acceptors (Lipinski definition) is 4. The molecule has 2 rings (SSSR count). The average molecular weight is 369 g/mol. The molecule has 26 heavy (non-hydrogen) atoms.